The van der Waals surface area contributed by atoms with Crippen LogP contribution in [0.1, 0.15) is 70.5 Å². The van der Waals surface area contributed by atoms with E-state index in [9.17, 15) is 14.7 Å². The van der Waals surface area contributed by atoms with Crippen molar-refractivity contribution in [1.29, 1.82) is 0 Å². The van der Waals surface area contributed by atoms with Crippen molar-refractivity contribution < 1.29 is 19.8 Å². The highest BCUT2D eigenvalue weighted by molar-refractivity contribution is 5.85. The molecule has 0 radical (unpaired) electrons. The van der Waals surface area contributed by atoms with Crippen LogP contribution in [0.15, 0.2) is 24.5 Å². The number of aromatic carboxylic acids is 2. The molecule has 2 heterocycles. The summed E-state index contributed by atoms with van der Waals surface area (Å²) in [6.45, 7) is 5.79. The van der Waals surface area contributed by atoms with E-state index < -0.39 is 11.9 Å². The number of pyridine rings is 1. The van der Waals surface area contributed by atoms with Gasteiger partial charge < -0.3 is 10.2 Å². The molecule has 2 N–H and O–H groups in total. The van der Waals surface area contributed by atoms with Crippen LogP contribution in [0.3, 0.4) is 0 Å². The second kappa shape index (κ2) is 7.16. The number of hydrogen-bond acceptors (Lipinski definition) is 5. The number of carbonyl (C=O) groups is 2. The second-order valence-corrected chi connectivity index (χ2v) is 5.98. The average Bonchev–Trinajstić information content (AvgIpc) is 2.54. The van der Waals surface area contributed by atoms with Gasteiger partial charge in [0, 0.05) is 17.8 Å². The van der Waals surface area contributed by atoms with Gasteiger partial charge in [0.15, 0.2) is 5.69 Å². The smallest absolute Gasteiger partial charge is 0.356 e. The number of carboxylic acids is 2. The molecule has 2 rings (SSSR count). The Balaban J connectivity index is 2.31. The Morgan fingerprint density at radius 2 is 1.58 bits per heavy atom. The van der Waals surface area contributed by atoms with Crippen molar-refractivity contribution in [1.82, 2.24) is 15.0 Å². The van der Waals surface area contributed by atoms with Crippen molar-refractivity contribution in [2.24, 2.45) is 0 Å². The van der Waals surface area contributed by atoms with Crippen molar-refractivity contribution >= 4 is 11.9 Å². The molecule has 1 atom stereocenters. The largest absolute Gasteiger partial charge is 0.477 e. The minimum absolute atomic E-state index is 0.00812. The molecule has 0 aliphatic rings. The molecule has 0 fully saturated rings. The van der Waals surface area contributed by atoms with Crippen LogP contribution in [-0.4, -0.2) is 37.1 Å². The molecule has 2 aromatic heterocycles. The fraction of sp³-hybridized carbons (Fsp3) is 0.353. The van der Waals surface area contributed by atoms with Gasteiger partial charge in [0.05, 0.1) is 11.9 Å². The van der Waals surface area contributed by atoms with Gasteiger partial charge in [-0.1, -0.05) is 20.8 Å². The van der Waals surface area contributed by atoms with Gasteiger partial charge >= 0.3 is 11.9 Å². The number of rotatable bonds is 6. The Morgan fingerprint density at radius 1 is 0.958 bits per heavy atom. The molecule has 0 spiro atoms. The monoisotopic (exact) mass is 329 g/mol. The van der Waals surface area contributed by atoms with E-state index in [4.69, 9.17) is 5.11 Å². The van der Waals surface area contributed by atoms with E-state index in [2.05, 4.69) is 15.0 Å². The number of carboxylic acid groups (broad SMARTS) is 2. The lowest BCUT2D eigenvalue weighted by Gasteiger charge is -2.14. The normalized spacial score (nSPS) is 12.2. The molecule has 0 saturated carbocycles. The third kappa shape index (κ3) is 4.13. The fourth-order valence-corrected chi connectivity index (χ4v) is 2.31. The van der Waals surface area contributed by atoms with Crippen molar-refractivity contribution in [2.45, 2.75) is 39.0 Å². The van der Waals surface area contributed by atoms with Crippen LogP contribution in [0.4, 0.5) is 0 Å². The lowest BCUT2D eigenvalue weighted by atomic mass is 9.96. The van der Waals surface area contributed by atoms with Gasteiger partial charge in [-0.05, 0) is 30.0 Å². The molecule has 0 bridgehead atoms. The molecule has 0 amide bonds. The molecule has 2 aromatic rings. The van der Waals surface area contributed by atoms with Crippen molar-refractivity contribution in [3.05, 3.63) is 52.9 Å². The number of hydrogen-bond donors (Lipinski definition) is 2. The SMILES string of the molecule is CC(C)c1cc(CC(C)c2cncc(C(=O)O)n2)cc(C(=O)O)n1. The minimum Gasteiger partial charge on any atom is -0.477 e. The maximum Gasteiger partial charge on any atom is 0.356 e. The van der Waals surface area contributed by atoms with Gasteiger partial charge in [-0.2, -0.15) is 0 Å². The topological polar surface area (TPSA) is 113 Å². The molecule has 0 saturated heterocycles. The Bertz CT molecular complexity index is 774. The average molecular weight is 329 g/mol. The van der Waals surface area contributed by atoms with Crippen molar-refractivity contribution in [3.8, 4) is 0 Å². The number of aromatic nitrogens is 3. The maximum absolute atomic E-state index is 11.3. The molecule has 0 aliphatic heterocycles. The van der Waals surface area contributed by atoms with Crippen LogP contribution < -0.4 is 0 Å². The van der Waals surface area contributed by atoms with E-state index in [1.165, 1.54) is 12.4 Å². The van der Waals surface area contributed by atoms with Crippen LogP contribution in [0.25, 0.3) is 0 Å². The van der Waals surface area contributed by atoms with E-state index >= 15 is 0 Å². The third-order valence-corrected chi connectivity index (χ3v) is 3.63. The summed E-state index contributed by atoms with van der Waals surface area (Å²) < 4.78 is 0. The quantitative estimate of drug-likeness (QED) is 0.837. The Morgan fingerprint density at radius 3 is 2.17 bits per heavy atom. The Labute approximate surface area is 139 Å². The van der Waals surface area contributed by atoms with E-state index in [-0.39, 0.29) is 23.2 Å². The first-order valence-electron chi connectivity index (χ1n) is 7.57. The van der Waals surface area contributed by atoms with Gasteiger partial charge in [0.2, 0.25) is 0 Å². The lowest BCUT2D eigenvalue weighted by Crippen LogP contribution is -2.10. The molecule has 0 aromatic carbocycles. The summed E-state index contributed by atoms with van der Waals surface area (Å²) in [7, 11) is 0. The van der Waals surface area contributed by atoms with Crippen LogP contribution in [0.5, 0.6) is 0 Å². The highest BCUT2D eigenvalue weighted by Crippen LogP contribution is 2.22. The van der Waals surface area contributed by atoms with Crippen molar-refractivity contribution in [2.75, 3.05) is 0 Å². The standard InChI is InChI=1S/C17H19N3O4/c1-9(2)12-5-11(6-13(19-12)16(21)22)4-10(3)14-7-18-8-15(20-14)17(23)24/h5-10H,4H2,1-3H3,(H,21,22)(H,23,24). The molecule has 126 valence electrons. The van der Waals surface area contributed by atoms with Gasteiger partial charge in [-0.25, -0.2) is 19.6 Å². The van der Waals surface area contributed by atoms with Gasteiger partial charge in [0.1, 0.15) is 5.69 Å². The predicted octanol–water partition coefficient (Wildman–Crippen LogP) is 2.74. The molecule has 24 heavy (non-hydrogen) atoms. The van der Waals surface area contributed by atoms with E-state index in [0.29, 0.717) is 17.8 Å². The van der Waals surface area contributed by atoms with Crippen LogP contribution in [-0.2, 0) is 6.42 Å². The summed E-state index contributed by atoms with van der Waals surface area (Å²) in [5.41, 5.74) is 1.98. The first-order valence-corrected chi connectivity index (χ1v) is 7.57. The highest BCUT2D eigenvalue weighted by Gasteiger charge is 2.16. The lowest BCUT2D eigenvalue weighted by molar-refractivity contribution is 0.0679. The third-order valence-electron chi connectivity index (χ3n) is 3.63. The molecule has 1 unspecified atom stereocenters. The summed E-state index contributed by atoms with van der Waals surface area (Å²) in [5, 5.41) is 18.2. The second-order valence-electron chi connectivity index (χ2n) is 5.98. The zero-order chi connectivity index (χ0) is 17.9. The fourth-order valence-electron chi connectivity index (χ4n) is 2.31. The first kappa shape index (κ1) is 17.5. The maximum atomic E-state index is 11.3. The molecule has 7 nitrogen and oxygen atoms in total. The van der Waals surface area contributed by atoms with Crippen LogP contribution in [0.2, 0.25) is 0 Å². The van der Waals surface area contributed by atoms with E-state index in [1.807, 2.05) is 26.8 Å². The highest BCUT2D eigenvalue weighted by atomic mass is 16.4. The van der Waals surface area contributed by atoms with Crippen molar-refractivity contribution in [3.63, 3.8) is 0 Å². The minimum atomic E-state index is -1.13. The summed E-state index contributed by atoms with van der Waals surface area (Å²) in [6.07, 6.45) is 3.24. The molecular weight excluding hydrogens is 310 g/mol. The summed E-state index contributed by atoms with van der Waals surface area (Å²) in [4.78, 5) is 34.4. The van der Waals surface area contributed by atoms with E-state index in [1.54, 1.807) is 6.07 Å². The Hall–Kier alpha value is -2.83. The van der Waals surface area contributed by atoms with Gasteiger partial charge in [-0.3, -0.25) is 4.98 Å². The summed E-state index contributed by atoms with van der Waals surface area (Å²) in [5.74, 6) is -2.20. The summed E-state index contributed by atoms with van der Waals surface area (Å²) >= 11 is 0. The Kier molecular flexibility index (Phi) is 5.23. The summed E-state index contributed by atoms with van der Waals surface area (Å²) in [6, 6.07) is 3.42. The first-order chi connectivity index (χ1) is 11.3. The predicted molar refractivity (Wildman–Crippen MR) is 86.4 cm³/mol. The molecule has 7 heteroatoms. The zero-order valence-corrected chi connectivity index (χ0v) is 13.7. The van der Waals surface area contributed by atoms with Crippen LogP contribution >= 0.6 is 0 Å². The number of nitrogens with zero attached hydrogens (tertiary/aromatic N) is 3. The zero-order valence-electron chi connectivity index (χ0n) is 13.7. The van der Waals surface area contributed by atoms with Gasteiger partial charge in [-0.15, -0.1) is 0 Å². The van der Waals surface area contributed by atoms with E-state index in [0.717, 1.165) is 5.56 Å². The molecule has 0 aliphatic carbocycles. The molecular formula is C17H19N3O4. The van der Waals surface area contributed by atoms with Crippen LogP contribution in [0, 0.1) is 0 Å². The van der Waals surface area contributed by atoms with Gasteiger partial charge in [0.25, 0.3) is 0 Å².